The molecule has 4 rings (SSSR count). The van der Waals surface area contributed by atoms with Crippen molar-refractivity contribution in [3.63, 3.8) is 0 Å². The summed E-state index contributed by atoms with van der Waals surface area (Å²) in [5.74, 6) is -1.87. The number of urea groups is 1. The molecule has 4 amide bonds. The average molecular weight is 602 g/mol. The van der Waals surface area contributed by atoms with Crippen molar-refractivity contribution in [3.8, 4) is 11.5 Å². The highest BCUT2D eigenvalue weighted by atomic mass is 79.9. The Morgan fingerprint density at radius 3 is 2.34 bits per heavy atom. The van der Waals surface area contributed by atoms with Crippen LogP contribution in [0, 0.1) is 27.2 Å². The highest BCUT2D eigenvalue weighted by molar-refractivity contribution is 9.10. The van der Waals surface area contributed by atoms with Crippen LogP contribution in [0.15, 0.2) is 64.6 Å². The van der Waals surface area contributed by atoms with Crippen LogP contribution in [0.4, 0.5) is 21.9 Å². The Morgan fingerprint density at radius 2 is 1.68 bits per heavy atom. The minimum absolute atomic E-state index is 0.120. The molecule has 38 heavy (non-hydrogen) atoms. The molecule has 3 aromatic rings. The van der Waals surface area contributed by atoms with Gasteiger partial charge in [0.25, 0.3) is 17.5 Å². The zero-order valence-electron chi connectivity index (χ0n) is 19.1. The summed E-state index contributed by atoms with van der Waals surface area (Å²) in [7, 11) is 0. The van der Waals surface area contributed by atoms with E-state index in [-0.39, 0.29) is 22.8 Å². The Morgan fingerprint density at radius 1 is 0.974 bits per heavy atom. The summed E-state index contributed by atoms with van der Waals surface area (Å²) in [6, 6.07) is 11.1. The van der Waals surface area contributed by atoms with Gasteiger partial charge in [0, 0.05) is 11.1 Å². The number of nitro groups is 2. The highest BCUT2D eigenvalue weighted by Crippen LogP contribution is 2.38. The summed E-state index contributed by atoms with van der Waals surface area (Å²) < 4.78 is 5.89. The standard InChI is InChI=1S/C24H14BrClN4O8/c1-12-2-4-14(26)10-18(12)28-23(32)16(22(31)27-24(28)33)8-13-3-6-20(17(25)9-13)38-21-7-5-15(29(34)35)11-19(21)30(36)37/h2-11H,1H3,(H,27,31,33)/b16-8+. The topological polar surface area (TPSA) is 162 Å². The molecule has 0 spiro atoms. The van der Waals surface area contributed by atoms with Crippen molar-refractivity contribution in [1.29, 1.82) is 0 Å². The SMILES string of the molecule is Cc1ccc(Cl)cc1N1C(=O)NC(=O)/C(=C\c2ccc(Oc3ccc([N+](=O)[O-])cc3[N+](=O)[O-])c(Br)c2)C1=O. The Labute approximate surface area is 226 Å². The van der Waals surface area contributed by atoms with Crippen molar-refractivity contribution >= 4 is 68.5 Å². The maximum Gasteiger partial charge on any atom is 0.335 e. The number of halogens is 2. The van der Waals surface area contributed by atoms with Crippen molar-refractivity contribution in [3.05, 3.63) is 101 Å². The minimum atomic E-state index is -0.919. The largest absolute Gasteiger partial charge is 0.449 e. The third-order valence-corrected chi connectivity index (χ3v) is 6.21. The van der Waals surface area contributed by atoms with Crippen LogP contribution in [0.3, 0.4) is 0 Å². The van der Waals surface area contributed by atoms with E-state index in [2.05, 4.69) is 21.2 Å². The van der Waals surface area contributed by atoms with Crippen molar-refractivity contribution in [2.24, 2.45) is 0 Å². The smallest absolute Gasteiger partial charge is 0.335 e. The van der Waals surface area contributed by atoms with E-state index >= 15 is 0 Å². The summed E-state index contributed by atoms with van der Waals surface area (Å²) in [6.07, 6.45) is 1.26. The Balaban J connectivity index is 1.65. The molecular formula is C24H14BrClN4O8. The highest BCUT2D eigenvalue weighted by Gasteiger charge is 2.37. The Bertz CT molecular complexity index is 1590. The number of nitrogens with one attached hydrogen (secondary N) is 1. The van der Waals surface area contributed by atoms with Crippen molar-refractivity contribution in [1.82, 2.24) is 5.32 Å². The predicted molar refractivity (Wildman–Crippen MR) is 139 cm³/mol. The van der Waals surface area contributed by atoms with Crippen LogP contribution in [0.2, 0.25) is 5.02 Å². The van der Waals surface area contributed by atoms with Crippen LogP contribution in [0.5, 0.6) is 11.5 Å². The minimum Gasteiger partial charge on any atom is -0.449 e. The van der Waals surface area contributed by atoms with Crippen molar-refractivity contribution in [2.45, 2.75) is 6.92 Å². The number of nitro benzene ring substituents is 2. The van der Waals surface area contributed by atoms with Crippen LogP contribution in [0.1, 0.15) is 11.1 Å². The van der Waals surface area contributed by atoms with E-state index in [0.29, 0.717) is 20.6 Å². The molecule has 12 nitrogen and oxygen atoms in total. The van der Waals surface area contributed by atoms with Crippen LogP contribution < -0.4 is 15.0 Å². The molecule has 0 saturated carbocycles. The molecule has 0 unspecified atom stereocenters. The van der Waals surface area contributed by atoms with Gasteiger partial charge in [0.15, 0.2) is 0 Å². The summed E-state index contributed by atoms with van der Waals surface area (Å²) in [5.41, 5.74) is -0.248. The lowest BCUT2D eigenvalue weighted by Crippen LogP contribution is -2.54. The molecule has 0 aromatic heterocycles. The van der Waals surface area contributed by atoms with Crippen LogP contribution in [-0.2, 0) is 9.59 Å². The summed E-state index contributed by atoms with van der Waals surface area (Å²) in [4.78, 5) is 59.7. The number of barbiturate groups is 1. The number of non-ortho nitro benzene ring substituents is 1. The maximum atomic E-state index is 13.2. The number of ether oxygens (including phenoxy) is 1. The molecule has 1 fully saturated rings. The lowest BCUT2D eigenvalue weighted by Gasteiger charge is -2.27. The molecule has 0 radical (unpaired) electrons. The molecule has 1 saturated heterocycles. The number of hydrogen-bond acceptors (Lipinski definition) is 8. The van der Waals surface area contributed by atoms with E-state index < -0.39 is 39.1 Å². The summed E-state index contributed by atoms with van der Waals surface area (Å²) in [6.45, 7) is 1.68. The van der Waals surface area contributed by atoms with Gasteiger partial charge in [-0.2, -0.15) is 0 Å². The third kappa shape index (κ3) is 5.23. The molecule has 1 N–H and O–H groups in total. The Kier molecular flexibility index (Phi) is 7.23. The fourth-order valence-electron chi connectivity index (χ4n) is 3.52. The number of hydrogen-bond donors (Lipinski definition) is 1. The van der Waals surface area contributed by atoms with Gasteiger partial charge in [-0.15, -0.1) is 0 Å². The molecule has 1 heterocycles. The van der Waals surface area contributed by atoms with Gasteiger partial charge in [0.1, 0.15) is 11.3 Å². The molecule has 1 aliphatic heterocycles. The van der Waals surface area contributed by atoms with Crippen LogP contribution in [-0.4, -0.2) is 27.7 Å². The number of benzene rings is 3. The van der Waals surface area contributed by atoms with E-state index in [1.165, 1.54) is 30.3 Å². The van der Waals surface area contributed by atoms with Gasteiger partial charge in [0.05, 0.1) is 26.1 Å². The van der Waals surface area contributed by atoms with Gasteiger partial charge in [-0.05, 0) is 70.4 Å². The number of carbonyl (C=O) groups excluding carboxylic acids is 3. The number of imide groups is 2. The molecule has 0 atom stereocenters. The molecule has 0 bridgehead atoms. The van der Waals surface area contributed by atoms with Gasteiger partial charge < -0.3 is 4.74 Å². The number of aryl methyl sites for hydroxylation is 1. The van der Waals surface area contributed by atoms with Gasteiger partial charge in [0.2, 0.25) is 5.75 Å². The quantitative estimate of drug-likeness (QED) is 0.163. The number of nitrogens with zero attached hydrogens (tertiary/aromatic N) is 3. The van der Waals surface area contributed by atoms with E-state index in [1.54, 1.807) is 19.1 Å². The first kappa shape index (κ1) is 26.4. The molecule has 192 valence electrons. The summed E-state index contributed by atoms with van der Waals surface area (Å²) >= 11 is 9.31. The number of carbonyl (C=O) groups is 3. The summed E-state index contributed by atoms with van der Waals surface area (Å²) in [5, 5.41) is 24.7. The van der Waals surface area contributed by atoms with E-state index in [0.717, 1.165) is 23.1 Å². The normalized spacial score (nSPS) is 14.4. The number of amides is 4. The first-order chi connectivity index (χ1) is 18.0. The zero-order valence-corrected chi connectivity index (χ0v) is 21.5. The fourth-order valence-corrected chi connectivity index (χ4v) is 4.17. The van der Waals surface area contributed by atoms with Gasteiger partial charge in [-0.25, -0.2) is 9.69 Å². The number of anilines is 1. The van der Waals surface area contributed by atoms with Gasteiger partial charge in [-0.3, -0.25) is 35.1 Å². The fraction of sp³-hybridized carbons (Fsp3) is 0.0417. The van der Waals surface area contributed by atoms with Gasteiger partial charge in [-0.1, -0.05) is 23.7 Å². The second-order valence-corrected chi connectivity index (χ2v) is 9.14. The van der Waals surface area contributed by atoms with Crippen molar-refractivity contribution in [2.75, 3.05) is 4.90 Å². The maximum absolute atomic E-state index is 13.2. The first-order valence-corrected chi connectivity index (χ1v) is 11.7. The predicted octanol–water partition coefficient (Wildman–Crippen LogP) is 5.69. The third-order valence-electron chi connectivity index (χ3n) is 5.35. The monoisotopic (exact) mass is 600 g/mol. The molecule has 1 aliphatic rings. The van der Waals surface area contributed by atoms with E-state index in [4.69, 9.17) is 16.3 Å². The van der Waals surface area contributed by atoms with Gasteiger partial charge >= 0.3 is 11.7 Å². The zero-order chi connectivity index (χ0) is 27.7. The van der Waals surface area contributed by atoms with Crippen LogP contribution >= 0.6 is 27.5 Å². The molecule has 0 aliphatic carbocycles. The molecule has 3 aromatic carbocycles. The second-order valence-electron chi connectivity index (χ2n) is 7.85. The van der Waals surface area contributed by atoms with Crippen molar-refractivity contribution < 1.29 is 29.0 Å². The second kappa shape index (κ2) is 10.4. The molecular weight excluding hydrogens is 588 g/mol. The van der Waals surface area contributed by atoms with E-state index in [9.17, 15) is 34.6 Å². The Hall–Kier alpha value is -4.62. The lowest BCUT2D eigenvalue weighted by molar-refractivity contribution is -0.394. The van der Waals surface area contributed by atoms with Crippen LogP contribution in [0.25, 0.3) is 6.08 Å². The molecule has 14 heteroatoms. The van der Waals surface area contributed by atoms with E-state index in [1.807, 2.05) is 0 Å². The average Bonchev–Trinajstić information content (AvgIpc) is 2.85. The number of rotatable bonds is 6. The first-order valence-electron chi connectivity index (χ1n) is 10.5. The lowest BCUT2D eigenvalue weighted by atomic mass is 10.1.